The molecule has 0 aliphatic rings. The highest BCUT2D eigenvalue weighted by Gasteiger charge is 2.12. The van der Waals surface area contributed by atoms with Gasteiger partial charge < -0.3 is 15.3 Å². The summed E-state index contributed by atoms with van der Waals surface area (Å²) in [7, 11) is 0. The molecule has 0 saturated carbocycles. The number of furan rings is 1. The zero-order valence-electron chi connectivity index (χ0n) is 7.57. The van der Waals surface area contributed by atoms with Gasteiger partial charge >= 0.3 is 5.97 Å². The van der Waals surface area contributed by atoms with Crippen molar-refractivity contribution in [3.8, 4) is 0 Å². The summed E-state index contributed by atoms with van der Waals surface area (Å²) in [5, 5.41) is 9.37. The van der Waals surface area contributed by atoms with Gasteiger partial charge in [-0.05, 0) is 18.6 Å². The van der Waals surface area contributed by atoms with E-state index in [0.29, 0.717) is 16.7 Å². The van der Waals surface area contributed by atoms with Gasteiger partial charge in [0.25, 0.3) is 0 Å². The third-order valence-corrected chi connectivity index (χ3v) is 2.17. The largest absolute Gasteiger partial charge is 0.475 e. The molecule has 0 aliphatic heterocycles. The molecular formula is C10H9NO3. The molecule has 0 spiro atoms. The quantitative estimate of drug-likeness (QED) is 0.676. The molecule has 72 valence electrons. The molecule has 0 bridgehead atoms. The van der Waals surface area contributed by atoms with Crippen molar-refractivity contribution in [1.29, 1.82) is 0 Å². The minimum atomic E-state index is -1.08. The molecule has 0 saturated heterocycles. The second-order valence-electron chi connectivity index (χ2n) is 3.12. The molecule has 2 rings (SSSR count). The van der Waals surface area contributed by atoms with Crippen LogP contribution in [0.1, 0.15) is 16.1 Å². The highest BCUT2D eigenvalue weighted by Crippen LogP contribution is 2.27. The Hall–Kier alpha value is -1.97. The van der Waals surface area contributed by atoms with Crippen LogP contribution in [0.3, 0.4) is 0 Å². The molecule has 0 amide bonds. The smallest absolute Gasteiger partial charge is 0.371 e. The van der Waals surface area contributed by atoms with Crippen LogP contribution >= 0.6 is 0 Å². The molecule has 14 heavy (non-hydrogen) atoms. The standard InChI is InChI=1S/C10H9NO3/c1-5-2-3-7-6(9(5)11)4-8(14-7)10(12)13/h2-4H,11H2,1H3,(H,12,13). The molecule has 0 atom stereocenters. The zero-order chi connectivity index (χ0) is 10.3. The van der Waals surface area contributed by atoms with Gasteiger partial charge in [0.05, 0.1) is 0 Å². The van der Waals surface area contributed by atoms with Gasteiger partial charge in [-0.3, -0.25) is 0 Å². The van der Waals surface area contributed by atoms with Crippen LogP contribution < -0.4 is 5.73 Å². The van der Waals surface area contributed by atoms with Gasteiger partial charge in [-0.1, -0.05) is 6.07 Å². The molecule has 0 unspecified atom stereocenters. The Bertz CT molecular complexity index is 513. The van der Waals surface area contributed by atoms with Crippen molar-refractivity contribution in [1.82, 2.24) is 0 Å². The number of rotatable bonds is 1. The summed E-state index contributed by atoms with van der Waals surface area (Å²) in [6.07, 6.45) is 0. The van der Waals surface area contributed by atoms with Crippen molar-refractivity contribution in [2.45, 2.75) is 6.92 Å². The van der Waals surface area contributed by atoms with Crippen molar-refractivity contribution < 1.29 is 14.3 Å². The van der Waals surface area contributed by atoms with Gasteiger partial charge in [-0.15, -0.1) is 0 Å². The maximum absolute atomic E-state index is 10.6. The molecule has 2 aromatic rings. The topological polar surface area (TPSA) is 76.5 Å². The van der Waals surface area contributed by atoms with Crippen LogP contribution in [0.5, 0.6) is 0 Å². The molecule has 1 aromatic heterocycles. The summed E-state index contributed by atoms with van der Waals surface area (Å²) < 4.78 is 5.09. The third-order valence-electron chi connectivity index (χ3n) is 2.17. The number of aryl methyl sites for hydroxylation is 1. The number of benzene rings is 1. The van der Waals surface area contributed by atoms with Crippen LogP contribution in [0.25, 0.3) is 11.0 Å². The molecule has 4 nitrogen and oxygen atoms in total. The molecular weight excluding hydrogens is 182 g/mol. The van der Waals surface area contributed by atoms with Crippen molar-refractivity contribution in [3.05, 3.63) is 29.5 Å². The normalized spacial score (nSPS) is 10.6. The Kier molecular flexibility index (Phi) is 1.70. The average Bonchev–Trinajstić information content (AvgIpc) is 2.56. The van der Waals surface area contributed by atoms with E-state index in [1.54, 1.807) is 12.1 Å². The lowest BCUT2D eigenvalue weighted by molar-refractivity contribution is 0.0665. The second-order valence-corrected chi connectivity index (χ2v) is 3.12. The van der Waals surface area contributed by atoms with Crippen LogP contribution in [0, 0.1) is 6.92 Å². The van der Waals surface area contributed by atoms with Crippen LogP contribution in [0.15, 0.2) is 22.6 Å². The lowest BCUT2D eigenvalue weighted by Crippen LogP contribution is -1.91. The lowest BCUT2D eigenvalue weighted by Gasteiger charge is -1.98. The van der Waals surface area contributed by atoms with E-state index in [4.69, 9.17) is 15.3 Å². The van der Waals surface area contributed by atoms with Gasteiger partial charge in [0.15, 0.2) is 0 Å². The van der Waals surface area contributed by atoms with Gasteiger partial charge in [0, 0.05) is 17.1 Å². The Morgan fingerprint density at radius 3 is 2.86 bits per heavy atom. The van der Waals surface area contributed by atoms with Gasteiger partial charge in [0.2, 0.25) is 5.76 Å². The number of anilines is 1. The Morgan fingerprint density at radius 1 is 1.50 bits per heavy atom. The number of nitrogen functional groups attached to an aromatic ring is 1. The Balaban J connectivity index is 2.77. The average molecular weight is 191 g/mol. The SMILES string of the molecule is Cc1ccc2oc(C(=O)O)cc2c1N. The molecule has 0 fully saturated rings. The summed E-state index contributed by atoms with van der Waals surface area (Å²) in [5.41, 5.74) is 7.76. The predicted molar refractivity (Wildman–Crippen MR) is 52.3 cm³/mol. The number of hydrogen-bond acceptors (Lipinski definition) is 3. The van der Waals surface area contributed by atoms with E-state index in [9.17, 15) is 4.79 Å². The van der Waals surface area contributed by atoms with Gasteiger partial charge in [0.1, 0.15) is 5.58 Å². The monoisotopic (exact) mass is 191 g/mol. The Morgan fingerprint density at radius 2 is 2.21 bits per heavy atom. The number of carboxylic acids is 1. The number of hydrogen-bond donors (Lipinski definition) is 2. The highest BCUT2D eigenvalue weighted by atomic mass is 16.4. The Labute approximate surface area is 79.9 Å². The van der Waals surface area contributed by atoms with E-state index in [0.717, 1.165) is 5.56 Å². The number of carboxylic acid groups (broad SMARTS) is 1. The maximum atomic E-state index is 10.6. The fourth-order valence-electron chi connectivity index (χ4n) is 1.35. The molecule has 4 heteroatoms. The third kappa shape index (κ3) is 1.12. The number of fused-ring (bicyclic) bond motifs is 1. The van der Waals surface area contributed by atoms with E-state index >= 15 is 0 Å². The number of carbonyl (C=O) groups is 1. The fourth-order valence-corrected chi connectivity index (χ4v) is 1.35. The van der Waals surface area contributed by atoms with Crippen LogP contribution in [-0.2, 0) is 0 Å². The van der Waals surface area contributed by atoms with Crippen LogP contribution in [-0.4, -0.2) is 11.1 Å². The second kappa shape index (κ2) is 2.77. The lowest BCUT2D eigenvalue weighted by atomic mass is 10.1. The molecule has 1 heterocycles. The first-order valence-corrected chi connectivity index (χ1v) is 4.11. The van der Waals surface area contributed by atoms with Crippen molar-refractivity contribution in [2.75, 3.05) is 5.73 Å². The molecule has 0 radical (unpaired) electrons. The van der Waals surface area contributed by atoms with E-state index in [2.05, 4.69) is 0 Å². The minimum absolute atomic E-state index is 0.0858. The van der Waals surface area contributed by atoms with Crippen LogP contribution in [0.4, 0.5) is 5.69 Å². The van der Waals surface area contributed by atoms with E-state index in [-0.39, 0.29) is 5.76 Å². The van der Waals surface area contributed by atoms with Crippen molar-refractivity contribution >= 4 is 22.6 Å². The van der Waals surface area contributed by atoms with Crippen LogP contribution in [0.2, 0.25) is 0 Å². The molecule has 0 aliphatic carbocycles. The minimum Gasteiger partial charge on any atom is -0.475 e. The maximum Gasteiger partial charge on any atom is 0.371 e. The van der Waals surface area contributed by atoms with E-state index in [1.807, 2.05) is 6.92 Å². The number of aromatic carboxylic acids is 1. The van der Waals surface area contributed by atoms with E-state index in [1.165, 1.54) is 6.07 Å². The van der Waals surface area contributed by atoms with Gasteiger partial charge in [-0.2, -0.15) is 0 Å². The first-order valence-electron chi connectivity index (χ1n) is 4.11. The summed E-state index contributed by atoms with van der Waals surface area (Å²) in [4.78, 5) is 10.6. The molecule has 1 aromatic carbocycles. The summed E-state index contributed by atoms with van der Waals surface area (Å²) in [5.74, 6) is -1.17. The van der Waals surface area contributed by atoms with Crippen molar-refractivity contribution in [3.63, 3.8) is 0 Å². The number of nitrogens with two attached hydrogens (primary N) is 1. The fraction of sp³-hybridized carbons (Fsp3) is 0.100. The first kappa shape index (κ1) is 8.62. The van der Waals surface area contributed by atoms with Gasteiger partial charge in [-0.25, -0.2) is 4.79 Å². The summed E-state index contributed by atoms with van der Waals surface area (Å²) in [6.45, 7) is 1.86. The molecule has 3 N–H and O–H groups in total. The first-order chi connectivity index (χ1) is 6.59. The highest BCUT2D eigenvalue weighted by molar-refractivity contribution is 5.97. The summed E-state index contributed by atoms with van der Waals surface area (Å²) in [6, 6.07) is 4.96. The predicted octanol–water partition coefficient (Wildman–Crippen LogP) is 2.02. The zero-order valence-corrected chi connectivity index (χ0v) is 7.57. The summed E-state index contributed by atoms with van der Waals surface area (Å²) >= 11 is 0. The van der Waals surface area contributed by atoms with Crippen molar-refractivity contribution in [2.24, 2.45) is 0 Å². The van der Waals surface area contributed by atoms with E-state index < -0.39 is 5.97 Å².